The number of nitrogens with two attached hydrogens (primary N) is 1. The second-order valence-electron chi connectivity index (χ2n) is 4.19. The van der Waals surface area contributed by atoms with Gasteiger partial charge >= 0.3 is 0 Å². The fraction of sp³-hybridized carbons (Fsp3) is 0.286. The highest BCUT2D eigenvalue weighted by Gasteiger charge is 2.23. The van der Waals surface area contributed by atoms with Gasteiger partial charge in [-0.2, -0.15) is 0 Å². The fourth-order valence-electron chi connectivity index (χ4n) is 1.72. The fourth-order valence-corrected chi connectivity index (χ4v) is 1.72. The zero-order chi connectivity index (χ0) is 15.5. The minimum atomic E-state index is -0.648. The molecule has 0 saturated heterocycles. The highest BCUT2D eigenvalue weighted by atomic mass is 16.5. The molecule has 0 aliphatic heterocycles. The van der Waals surface area contributed by atoms with Crippen molar-refractivity contribution in [2.75, 3.05) is 0 Å². The third-order valence-electron chi connectivity index (χ3n) is 2.76. The van der Waals surface area contributed by atoms with E-state index in [0.29, 0.717) is 6.42 Å². The van der Waals surface area contributed by atoms with Crippen molar-refractivity contribution in [2.45, 2.75) is 19.8 Å². The van der Waals surface area contributed by atoms with Crippen molar-refractivity contribution in [3.8, 4) is 0 Å². The number of Topliss-reactive ketones (excluding diaryl/α,β-unsaturated/α-hetero) is 1. The Morgan fingerprint density at radius 1 is 1.33 bits per heavy atom. The standard InChI is InChI=1S/C12H16N2O2.C2H2N2O/c1-2-10(12(16)14-13)11(15)8-9-6-4-3-5-7-9;1-2-5-4-3-1/h3-7,10H,2,8,13H2,1H3,(H,14,16);1-2H. The minimum Gasteiger partial charge on any atom is -0.346 e. The van der Waals surface area contributed by atoms with E-state index in [1.807, 2.05) is 35.8 Å². The molecule has 1 atom stereocenters. The number of ketones is 1. The predicted octanol–water partition coefficient (Wildman–Crippen LogP) is 0.884. The Labute approximate surface area is 122 Å². The molecular formula is C14H18N4O3. The molecule has 7 nitrogen and oxygen atoms in total. The summed E-state index contributed by atoms with van der Waals surface area (Å²) in [6, 6.07) is 9.35. The maximum atomic E-state index is 11.8. The Bertz CT molecular complexity index is 511. The topological polar surface area (TPSA) is 111 Å². The molecule has 0 saturated carbocycles. The average Bonchev–Trinajstić information content (AvgIpc) is 3.08. The Morgan fingerprint density at radius 2 is 2.05 bits per heavy atom. The van der Waals surface area contributed by atoms with Gasteiger partial charge in [0.2, 0.25) is 5.91 Å². The van der Waals surface area contributed by atoms with Crippen LogP contribution in [0.1, 0.15) is 18.9 Å². The quantitative estimate of drug-likeness (QED) is 0.366. The summed E-state index contributed by atoms with van der Waals surface area (Å²) in [7, 11) is 0. The first-order valence-corrected chi connectivity index (χ1v) is 6.47. The second kappa shape index (κ2) is 9.38. The van der Waals surface area contributed by atoms with E-state index < -0.39 is 11.8 Å². The van der Waals surface area contributed by atoms with Crippen molar-refractivity contribution in [3.05, 3.63) is 48.4 Å². The molecule has 0 radical (unpaired) electrons. The van der Waals surface area contributed by atoms with Crippen LogP contribution in [0.15, 0.2) is 47.3 Å². The molecule has 1 unspecified atom stereocenters. The molecule has 7 heteroatoms. The lowest BCUT2D eigenvalue weighted by molar-refractivity contribution is -0.133. The molecule has 1 heterocycles. The number of hydrogen-bond acceptors (Lipinski definition) is 6. The largest absolute Gasteiger partial charge is 0.346 e. The van der Waals surface area contributed by atoms with Gasteiger partial charge < -0.3 is 4.52 Å². The molecule has 0 aliphatic rings. The number of hydrogen-bond donors (Lipinski definition) is 2. The number of amides is 1. The van der Waals surface area contributed by atoms with Crippen LogP contribution in [0.3, 0.4) is 0 Å². The third-order valence-corrected chi connectivity index (χ3v) is 2.76. The van der Waals surface area contributed by atoms with E-state index in [-0.39, 0.29) is 12.2 Å². The smallest absolute Gasteiger partial charge is 0.244 e. The van der Waals surface area contributed by atoms with Gasteiger partial charge in [0.25, 0.3) is 0 Å². The first-order chi connectivity index (χ1) is 10.2. The zero-order valence-corrected chi connectivity index (χ0v) is 11.7. The third kappa shape index (κ3) is 5.96. The van der Waals surface area contributed by atoms with Crippen molar-refractivity contribution in [1.82, 2.24) is 15.8 Å². The Kier molecular flexibility index (Phi) is 7.37. The number of hydrazine groups is 1. The lowest BCUT2D eigenvalue weighted by Gasteiger charge is -2.11. The van der Waals surface area contributed by atoms with Gasteiger partial charge in [0, 0.05) is 11.7 Å². The Balaban J connectivity index is 0.000000369. The number of aromatic nitrogens is 2. The number of rotatable bonds is 5. The summed E-state index contributed by atoms with van der Waals surface area (Å²) < 4.78 is 4.22. The summed E-state index contributed by atoms with van der Waals surface area (Å²) in [5.41, 5.74) is 2.94. The van der Waals surface area contributed by atoms with Crippen molar-refractivity contribution in [2.24, 2.45) is 11.8 Å². The van der Waals surface area contributed by atoms with E-state index in [9.17, 15) is 9.59 Å². The number of carbonyl (C=O) groups excluding carboxylic acids is 2. The summed E-state index contributed by atoms with van der Waals surface area (Å²) >= 11 is 0. The number of carbonyl (C=O) groups is 2. The first kappa shape index (κ1) is 16.5. The number of nitrogens with zero attached hydrogens (tertiary/aromatic N) is 2. The molecule has 2 aromatic rings. The van der Waals surface area contributed by atoms with E-state index in [0.717, 1.165) is 5.56 Å². The van der Waals surface area contributed by atoms with Crippen molar-refractivity contribution < 1.29 is 14.1 Å². The van der Waals surface area contributed by atoms with Gasteiger partial charge in [-0.1, -0.05) is 37.3 Å². The van der Waals surface area contributed by atoms with E-state index in [1.165, 1.54) is 12.5 Å². The zero-order valence-electron chi connectivity index (χ0n) is 11.7. The Morgan fingerprint density at radius 3 is 2.48 bits per heavy atom. The summed E-state index contributed by atoms with van der Waals surface area (Å²) in [6.45, 7) is 1.79. The van der Waals surface area contributed by atoms with Crippen LogP contribution in [0.4, 0.5) is 0 Å². The van der Waals surface area contributed by atoms with Gasteiger partial charge in [-0.05, 0) is 12.0 Å². The predicted molar refractivity (Wildman–Crippen MR) is 75.6 cm³/mol. The first-order valence-electron chi connectivity index (χ1n) is 6.47. The molecule has 0 spiro atoms. The van der Waals surface area contributed by atoms with E-state index in [2.05, 4.69) is 14.9 Å². The second-order valence-corrected chi connectivity index (χ2v) is 4.19. The highest BCUT2D eigenvalue weighted by Crippen LogP contribution is 2.09. The van der Waals surface area contributed by atoms with Gasteiger partial charge in [0.15, 0.2) is 0 Å². The van der Waals surface area contributed by atoms with Gasteiger partial charge in [-0.15, -0.1) is 5.10 Å². The van der Waals surface area contributed by atoms with Crippen LogP contribution in [0, 0.1) is 5.92 Å². The molecule has 21 heavy (non-hydrogen) atoms. The van der Waals surface area contributed by atoms with Crippen LogP contribution in [-0.2, 0) is 16.0 Å². The summed E-state index contributed by atoms with van der Waals surface area (Å²) in [4.78, 5) is 23.1. The molecule has 1 aromatic heterocycles. The van der Waals surface area contributed by atoms with E-state index in [4.69, 9.17) is 5.84 Å². The average molecular weight is 290 g/mol. The molecule has 2 rings (SSSR count). The number of nitrogens with one attached hydrogen (secondary N) is 1. The molecule has 1 aromatic carbocycles. The summed E-state index contributed by atoms with van der Waals surface area (Å²) in [5, 5.41) is 6.40. The molecular weight excluding hydrogens is 272 g/mol. The summed E-state index contributed by atoms with van der Waals surface area (Å²) in [6.07, 6.45) is 3.61. The minimum absolute atomic E-state index is 0.100. The lowest BCUT2D eigenvalue weighted by atomic mass is 9.95. The SMILES string of the molecule is CCC(C(=O)Cc1ccccc1)C(=O)NN.c1conn1. The van der Waals surface area contributed by atoms with E-state index in [1.54, 1.807) is 6.92 Å². The molecule has 3 N–H and O–H groups in total. The van der Waals surface area contributed by atoms with Crippen LogP contribution in [0.2, 0.25) is 0 Å². The van der Waals surface area contributed by atoms with Gasteiger partial charge in [0.1, 0.15) is 12.0 Å². The van der Waals surface area contributed by atoms with Gasteiger partial charge in [-0.3, -0.25) is 15.0 Å². The monoisotopic (exact) mass is 290 g/mol. The van der Waals surface area contributed by atoms with Crippen LogP contribution in [-0.4, -0.2) is 22.1 Å². The Hall–Kier alpha value is -2.54. The maximum absolute atomic E-state index is 11.8. The molecule has 1 amide bonds. The van der Waals surface area contributed by atoms with E-state index >= 15 is 0 Å². The lowest BCUT2D eigenvalue weighted by Crippen LogP contribution is -2.39. The number of benzene rings is 1. The normalized spacial score (nSPS) is 11.0. The van der Waals surface area contributed by atoms with Crippen LogP contribution in [0.5, 0.6) is 0 Å². The van der Waals surface area contributed by atoms with Crippen LogP contribution >= 0.6 is 0 Å². The highest BCUT2D eigenvalue weighted by molar-refractivity contribution is 6.01. The van der Waals surface area contributed by atoms with Crippen molar-refractivity contribution in [1.29, 1.82) is 0 Å². The molecule has 112 valence electrons. The maximum Gasteiger partial charge on any atom is 0.244 e. The van der Waals surface area contributed by atoms with Crippen molar-refractivity contribution >= 4 is 11.7 Å². The molecule has 0 bridgehead atoms. The summed E-state index contributed by atoms with van der Waals surface area (Å²) in [5.74, 6) is 3.87. The van der Waals surface area contributed by atoms with Crippen LogP contribution < -0.4 is 11.3 Å². The van der Waals surface area contributed by atoms with Gasteiger partial charge in [0.05, 0.1) is 12.1 Å². The van der Waals surface area contributed by atoms with Crippen LogP contribution in [0.25, 0.3) is 0 Å². The van der Waals surface area contributed by atoms with Gasteiger partial charge in [-0.25, -0.2) is 5.84 Å². The molecule has 0 fully saturated rings. The van der Waals surface area contributed by atoms with Crippen molar-refractivity contribution in [3.63, 3.8) is 0 Å². The molecule has 0 aliphatic carbocycles.